The number of fused-ring (bicyclic) bond motifs is 1. The molecule has 3 fully saturated rings. The summed E-state index contributed by atoms with van der Waals surface area (Å²) in [6.07, 6.45) is 2.59. The van der Waals surface area contributed by atoms with Crippen LogP contribution in [-0.2, 0) is 10.2 Å². The van der Waals surface area contributed by atoms with Crippen LogP contribution in [0.25, 0.3) is 11.0 Å². The number of rotatable bonds is 5. The zero-order valence-corrected chi connectivity index (χ0v) is 21.2. The summed E-state index contributed by atoms with van der Waals surface area (Å²) in [4.78, 5) is 36.0. The van der Waals surface area contributed by atoms with Crippen molar-refractivity contribution in [3.8, 4) is 0 Å². The zero-order valence-electron chi connectivity index (χ0n) is 21.2. The Morgan fingerprint density at radius 1 is 1.24 bits per heavy atom. The molecule has 5 N–H and O–H groups in total. The van der Waals surface area contributed by atoms with Gasteiger partial charge in [0.25, 0.3) is 5.56 Å². The van der Waals surface area contributed by atoms with Crippen molar-refractivity contribution in [3.05, 3.63) is 45.9 Å². The van der Waals surface area contributed by atoms with Gasteiger partial charge in [-0.1, -0.05) is 12.1 Å². The Hall–Kier alpha value is -3.44. The van der Waals surface area contributed by atoms with Crippen LogP contribution in [0.3, 0.4) is 0 Å². The van der Waals surface area contributed by atoms with Gasteiger partial charge < -0.3 is 20.5 Å². The normalized spacial score (nSPS) is 24.0. The molecule has 1 aromatic carbocycles. The highest BCUT2D eigenvalue weighted by atomic mass is 16.5. The number of benzene rings is 1. The van der Waals surface area contributed by atoms with E-state index in [1.165, 1.54) is 4.90 Å². The molecule has 196 valence electrons. The number of piperidine rings is 1. The molecule has 6 rings (SSSR count). The number of aromatic nitrogens is 4. The Kier molecular flexibility index (Phi) is 5.53. The summed E-state index contributed by atoms with van der Waals surface area (Å²) < 4.78 is 5.83. The second-order valence-electron chi connectivity index (χ2n) is 10.7. The molecule has 0 radical (unpaired) electrons. The maximum absolute atomic E-state index is 13.3. The van der Waals surface area contributed by atoms with Crippen LogP contribution in [-0.4, -0.2) is 69.8 Å². The second kappa shape index (κ2) is 8.56. The van der Waals surface area contributed by atoms with Gasteiger partial charge in [0.05, 0.1) is 18.4 Å². The molecule has 1 amide bonds. The monoisotopic (exact) mass is 507 g/mol. The number of nitrogens with one attached hydrogen (secondary N) is 2. The van der Waals surface area contributed by atoms with Gasteiger partial charge in [0.15, 0.2) is 5.65 Å². The van der Waals surface area contributed by atoms with E-state index in [0.717, 1.165) is 44.3 Å². The van der Waals surface area contributed by atoms with E-state index in [1.54, 1.807) is 6.92 Å². The summed E-state index contributed by atoms with van der Waals surface area (Å²) in [6, 6.07) is 7.53. The number of nitrogens with zero attached hydrogens (tertiary/aromatic N) is 4. The summed E-state index contributed by atoms with van der Waals surface area (Å²) in [5.41, 5.74) is 8.68. The lowest BCUT2D eigenvalue weighted by Crippen LogP contribution is -2.51. The van der Waals surface area contributed by atoms with Crippen molar-refractivity contribution < 1.29 is 14.6 Å². The third-order valence-corrected chi connectivity index (χ3v) is 8.80. The third kappa shape index (κ3) is 3.71. The Morgan fingerprint density at radius 3 is 2.51 bits per heavy atom. The first kappa shape index (κ1) is 23.9. The van der Waals surface area contributed by atoms with Gasteiger partial charge in [-0.3, -0.25) is 19.8 Å². The van der Waals surface area contributed by atoms with Crippen molar-refractivity contribution in [2.75, 3.05) is 36.0 Å². The molecule has 0 unspecified atom stereocenters. The Bertz CT molecular complexity index is 1390. The van der Waals surface area contributed by atoms with E-state index in [4.69, 9.17) is 15.5 Å². The maximum atomic E-state index is 13.3. The molecular formula is C26H33N7O4. The van der Waals surface area contributed by atoms with Gasteiger partial charge in [0.2, 0.25) is 5.95 Å². The largest absolute Gasteiger partial charge is 0.465 e. The topological polar surface area (TPSA) is 153 Å². The van der Waals surface area contributed by atoms with Crippen LogP contribution in [0.4, 0.5) is 16.4 Å². The second-order valence-corrected chi connectivity index (χ2v) is 10.7. The van der Waals surface area contributed by atoms with Crippen LogP contribution in [0.15, 0.2) is 29.1 Å². The van der Waals surface area contributed by atoms with E-state index in [0.29, 0.717) is 41.5 Å². The zero-order chi connectivity index (χ0) is 25.9. The highest BCUT2D eigenvalue weighted by molar-refractivity contribution is 5.86. The van der Waals surface area contributed by atoms with E-state index >= 15 is 0 Å². The first-order valence-corrected chi connectivity index (χ1v) is 13.0. The number of amides is 1. The van der Waals surface area contributed by atoms with Crippen LogP contribution in [0.1, 0.15) is 50.8 Å². The smallest absolute Gasteiger partial charge is 0.411 e. The minimum atomic E-state index is -0.985. The lowest BCUT2D eigenvalue weighted by atomic mass is 9.73. The molecule has 1 aliphatic carbocycles. The summed E-state index contributed by atoms with van der Waals surface area (Å²) in [5, 5.41) is 17.5. The van der Waals surface area contributed by atoms with Crippen LogP contribution < -0.4 is 21.1 Å². The van der Waals surface area contributed by atoms with Crippen LogP contribution in [0.2, 0.25) is 0 Å². The first-order valence-electron chi connectivity index (χ1n) is 13.0. The number of hydrogen-bond donors (Lipinski definition) is 4. The lowest BCUT2D eigenvalue weighted by Gasteiger charge is -2.41. The number of H-pyrrole nitrogens is 2. The Labute approximate surface area is 214 Å². The molecule has 2 saturated heterocycles. The molecule has 3 aliphatic rings. The predicted molar refractivity (Wildman–Crippen MR) is 139 cm³/mol. The first-order chi connectivity index (χ1) is 17.8. The summed E-state index contributed by atoms with van der Waals surface area (Å²) in [5.74, 6) is 0.547. The van der Waals surface area contributed by atoms with E-state index in [9.17, 15) is 14.7 Å². The number of ether oxygens (including phenoxy) is 1. The molecule has 11 heteroatoms. The van der Waals surface area contributed by atoms with Gasteiger partial charge in [0.1, 0.15) is 5.39 Å². The van der Waals surface area contributed by atoms with Crippen molar-refractivity contribution in [2.24, 2.45) is 11.1 Å². The number of aromatic amines is 2. The molecule has 37 heavy (non-hydrogen) atoms. The number of carboxylic acid groups (broad SMARTS) is 1. The van der Waals surface area contributed by atoms with Crippen molar-refractivity contribution >= 4 is 28.8 Å². The molecule has 2 aliphatic heterocycles. The molecule has 11 nitrogen and oxygen atoms in total. The van der Waals surface area contributed by atoms with Gasteiger partial charge >= 0.3 is 6.09 Å². The molecule has 4 heterocycles. The fourth-order valence-corrected chi connectivity index (χ4v) is 6.24. The van der Waals surface area contributed by atoms with Crippen molar-refractivity contribution in [1.29, 1.82) is 0 Å². The third-order valence-electron chi connectivity index (χ3n) is 8.80. The molecular weight excluding hydrogens is 474 g/mol. The molecule has 3 aromatic rings. The average molecular weight is 508 g/mol. The fourth-order valence-electron chi connectivity index (χ4n) is 6.24. The van der Waals surface area contributed by atoms with Crippen molar-refractivity contribution in [3.63, 3.8) is 0 Å². The standard InChI is InChI=1S/C26H33N7O4/c1-3-33(24(35)36)17-6-4-16(5-7-17)26(8-9-26)20-18-21(31-30-20)28-23(29-22(18)34)32-12-10-25(11-13-32)14-37-15(2)19(25)27/h4-7,15,19H,3,8-14,27H2,1-2H3,(H,35,36)(H2,28,29,30,31,34)/t15-,19+/m0/s1. The van der Waals surface area contributed by atoms with E-state index < -0.39 is 6.09 Å². The van der Waals surface area contributed by atoms with E-state index in [1.807, 2.05) is 31.2 Å². The number of anilines is 2. The average Bonchev–Trinajstić information content (AvgIpc) is 3.51. The summed E-state index contributed by atoms with van der Waals surface area (Å²) in [6.45, 7) is 6.39. The predicted octanol–water partition coefficient (Wildman–Crippen LogP) is 2.56. The van der Waals surface area contributed by atoms with Crippen LogP contribution in [0.5, 0.6) is 0 Å². The summed E-state index contributed by atoms with van der Waals surface area (Å²) >= 11 is 0. The number of nitrogens with two attached hydrogens (primary N) is 1. The minimum absolute atomic E-state index is 0.00595. The van der Waals surface area contributed by atoms with Crippen LogP contribution >= 0.6 is 0 Å². The maximum Gasteiger partial charge on any atom is 0.411 e. The quantitative estimate of drug-likeness (QED) is 0.411. The molecule has 1 spiro atoms. The molecule has 2 aromatic heterocycles. The Morgan fingerprint density at radius 2 is 1.95 bits per heavy atom. The van der Waals surface area contributed by atoms with Gasteiger partial charge in [-0.15, -0.1) is 0 Å². The SMILES string of the molecule is CCN(C(=O)O)c1ccc(C2(c3n[nH]c4nc(N5CCC6(CC5)CO[C@@H](C)[C@H]6N)[nH]c(=O)c34)CC2)cc1. The van der Waals surface area contributed by atoms with Gasteiger partial charge in [-0.2, -0.15) is 10.1 Å². The fraction of sp³-hybridized carbons (Fsp3) is 0.538. The van der Waals surface area contributed by atoms with Crippen molar-refractivity contribution in [2.45, 2.75) is 57.1 Å². The van der Waals surface area contributed by atoms with Crippen molar-refractivity contribution in [1.82, 2.24) is 20.2 Å². The highest BCUT2D eigenvalue weighted by Crippen LogP contribution is 2.54. The molecule has 2 atom stereocenters. The summed E-state index contributed by atoms with van der Waals surface area (Å²) in [7, 11) is 0. The lowest BCUT2D eigenvalue weighted by molar-refractivity contribution is 0.0973. The molecule has 1 saturated carbocycles. The van der Waals surface area contributed by atoms with Gasteiger partial charge in [-0.25, -0.2) is 4.79 Å². The van der Waals surface area contributed by atoms with Gasteiger partial charge in [0, 0.05) is 42.2 Å². The number of hydrogen-bond acceptors (Lipinski definition) is 7. The van der Waals surface area contributed by atoms with E-state index in [2.05, 4.69) is 20.1 Å². The minimum Gasteiger partial charge on any atom is -0.465 e. The molecule has 0 bridgehead atoms. The number of carbonyl (C=O) groups is 1. The van der Waals surface area contributed by atoms with E-state index in [-0.39, 0.29) is 28.5 Å². The Balaban J connectivity index is 1.26. The van der Waals surface area contributed by atoms with Gasteiger partial charge in [-0.05, 0) is 57.2 Å². The highest BCUT2D eigenvalue weighted by Gasteiger charge is 2.50. The van der Waals surface area contributed by atoms with Crippen LogP contribution in [0, 0.1) is 5.41 Å².